The smallest absolute Gasteiger partial charge is 0.265 e. The molecule has 0 unspecified atom stereocenters. The van der Waals surface area contributed by atoms with Crippen LogP contribution >= 0.6 is 0 Å². The van der Waals surface area contributed by atoms with E-state index in [-0.39, 0.29) is 5.91 Å². The lowest BCUT2D eigenvalue weighted by Crippen LogP contribution is -2.32. The number of hydrogen-bond acceptors (Lipinski definition) is 2. The van der Waals surface area contributed by atoms with Crippen LogP contribution in [-0.2, 0) is 4.79 Å². The van der Waals surface area contributed by atoms with E-state index in [4.69, 9.17) is 4.74 Å². The van der Waals surface area contributed by atoms with Gasteiger partial charge in [-0.15, -0.1) is 0 Å². The van der Waals surface area contributed by atoms with Crippen molar-refractivity contribution < 1.29 is 9.53 Å². The molecule has 0 spiro atoms. The minimum Gasteiger partial charge on any atom is -0.481 e. The van der Waals surface area contributed by atoms with Crippen LogP contribution in [0.4, 0.5) is 5.69 Å². The Morgan fingerprint density at radius 2 is 1.86 bits per heavy atom. The van der Waals surface area contributed by atoms with E-state index in [1.807, 2.05) is 63.2 Å². The number of carbonyl (C=O) groups is 1. The van der Waals surface area contributed by atoms with E-state index in [0.29, 0.717) is 6.42 Å². The fraction of sp³-hybridized carbons (Fsp3) is 0.316. The molecule has 0 saturated heterocycles. The predicted molar refractivity (Wildman–Crippen MR) is 90.4 cm³/mol. The average molecular weight is 297 g/mol. The van der Waals surface area contributed by atoms with Gasteiger partial charge in [0.1, 0.15) is 5.75 Å². The zero-order chi connectivity index (χ0) is 16.1. The lowest BCUT2D eigenvalue weighted by Gasteiger charge is -2.18. The maximum absolute atomic E-state index is 12.4. The molecule has 0 fully saturated rings. The van der Waals surface area contributed by atoms with Gasteiger partial charge in [-0.25, -0.2) is 0 Å². The van der Waals surface area contributed by atoms with Gasteiger partial charge < -0.3 is 10.1 Å². The molecule has 1 atom stereocenters. The highest BCUT2D eigenvalue weighted by Gasteiger charge is 2.18. The van der Waals surface area contributed by atoms with Crippen LogP contribution in [0.3, 0.4) is 0 Å². The number of ether oxygens (including phenoxy) is 1. The van der Waals surface area contributed by atoms with Crippen LogP contribution in [-0.4, -0.2) is 12.0 Å². The van der Waals surface area contributed by atoms with E-state index >= 15 is 0 Å². The van der Waals surface area contributed by atoms with E-state index in [9.17, 15) is 4.79 Å². The molecule has 0 bridgehead atoms. The van der Waals surface area contributed by atoms with Crippen LogP contribution < -0.4 is 10.1 Å². The summed E-state index contributed by atoms with van der Waals surface area (Å²) >= 11 is 0. The van der Waals surface area contributed by atoms with Crippen molar-refractivity contribution in [1.29, 1.82) is 0 Å². The Morgan fingerprint density at radius 1 is 1.09 bits per heavy atom. The molecule has 2 aromatic carbocycles. The molecule has 0 radical (unpaired) electrons. The third kappa shape index (κ3) is 4.10. The second-order valence-electron chi connectivity index (χ2n) is 5.62. The molecular weight excluding hydrogens is 274 g/mol. The normalized spacial score (nSPS) is 11.8. The van der Waals surface area contributed by atoms with Crippen molar-refractivity contribution in [3.05, 3.63) is 59.2 Å². The topological polar surface area (TPSA) is 38.3 Å². The largest absolute Gasteiger partial charge is 0.481 e. The van der Waals surface area contributed by atoms with Crippen molar-refractivity contribution in [2.45, 2.75) is 40.2 Å². The Labute approximate surface area is 132 Å². The maximum atomic E-state index is 12.4. The van der Waals surface area contributed by atoms with Gasteiger partial charge in [0, 0.05) is 5.69 Å². The molecule has 2 aromatic rings. The number of anilines is 1. The summed E-state index contributed by atoms with van der Waals surface area (Å²) in [4.78, 5) is 12.4. The Morgan fingerprint density at radius 3 is 2.50 bits per heavy atom. The molecule has 0 aromatic heterocycles. The van der Waals surface area contributed by atoms with Gasteiger partial charge >= 0.3 is 0 Å². The Bertz CT molecular complexity index is 664. The molecule has 0 aliphatic carbocycles. The maximum Gasteiger partial charge on any atom is 0.265 e. The van der Waals surface area contributed by atoms with Crippen molar-refractivity contribution in [3.63, 3.8) is 0 Å². The van der Waals surface area contributed by atoms with E-state index in [1.165, 1.54) is 5.56 Å². The van der Waals surface area contributed by atoms with Crippen molar-refractivity contribution in [2.75, 3.05) is 5.32 Å². The van der Waals surface area contributed by atoms with Gasteiger partial charge in [0.05, 0.1) is 0 Å². The molecule has 1 amide bonds. The summed E-state index contributed by atoms with van der Waals surface area (Å²) in [6, 6.07) is 13.6. The summed E-state index contributed by atoms with van der Waals surface area (Å²) in [7, 11) is 0. The summed E-state index contributed by atoms with van der Waals surface area (Å²) in [5.41, 5.74) is 4.29. The molecule has 116 valence electrons. The highest BCUT2D eigenvalue weighted by atomic mass is 16.5. The SMILES string of the molecule is CC[C@@H](Oc1cccc(C)c1)C(=O)Nc1ccc(C)c(C)c1. The number of nitrogens with one attached hydrogen (secondary N) is 1. The lowest BCUT2D eigenvalue weighted by atomic mass is 10.1. The van der Waals surface area contributed by atoms with Crippen molar-refractivity contribution in [2.24, 2.45) is 0 Å². The van der Waals surface area contributed by atoms with Crippen LogP contribution in [0.25, 0.3) is 0 Å². The number of amides is 1. The Hall–Kier alpha value is -2.29. The van der Waals surface area contributed by atoms with E-state index < -0.39 is 6.10 Å². The number of rotatable bonds is 5. The minimum atomic E-state index is -0.497. The molecule has 2 rings (SSSR count). The number of hydrogen-bond donors (Lipinski definition) is 1. The third-order valence-corrected chi connectivity index (χ3v) is 3.71. The first kappa shape index (κ1) is 16.1. The quantitative estimate of drug-likeness (QED) is 0.888. The zero-order valence-electron chi connectivity index (χ0n) is 13.6. The minimum absolute atomic E-state index is 0.118. The van der Waals surface area contributed by atoms with E-state index in [2.05, 4.69) is 12.2 Å². The van der Waals surface area contributed by atoms with Crippen molar-refractivity contribution >= 4 is 11.6 Å². The summed E-state index contributed by atoms with van der Waals surface area (Å²) in [6.07, 6.45) is 0.119. The second-order valence-corrected chi connectivity index (χ2v) is 5.62. The number of carbonyl (C=O) groups excluding carboxylic acids is 1. The molecular formula is C19H23NO2. The van der Waals surface area contributed by atoms with Crippen LogP contribution in [0.2, 0.25) is 0 Å². The molecule has 1 N–H and O–H groups in total. The van der Waals surface area contributed by atoms with Gasteiger partial charge in [0.15, 0.2) is 6.10 Å². The fourth-order valence-electron chi connectivity index (χ4n) is 2.22. The predicted octanol–water partition coefficient (Wildman–Crippen LogP) is 4.41. The third-order valence-electron chi connectivity index (χ3n) is 3.71. The average Bonchev–Trinajstić information content (AvgIpc) is 2.48. The Kier molecular flexibility index (Phi) is 5.21. The molecule has 0 saturated carbocycles. The van der Waals surface area contributed by atoms with Crippen LogP contribution in [0.1, 0.15) is 30.0 Å². The lowest BCUT2D eigenvalue weighted by molar-refractivity contribution is -0.122. The van der Waals surface area contributed by atoms with Crippen LogP contribution in [0, 0.1) is 20.8 Å². The highest BCUT2D eigenvalue weighted by molar-refractivity contribution is 5.94. The van der Waals surface area contributed by atoms with Gasteiger partial charge in [-0.3, -0.25) is 4.79 Å². The molecule has 3 nitrogen and oxygen atoms in total. The monoisotopic (exact) mass is 297 g/mol. The molecule has 22 heavy (non-hydrogen) atoms. The summed E-state index contributed by atoms with van der Waals surface area (Å²) < 4.78 is 5.82. The van der Waals surface area contributed by atoms with Gasteiger partial charge in [-0.1, -0.05) is 25.1 Å². The Balaban J connectivity index is 2.06. The zero-order valence-corrected chi connectivity index (χ0v) is 13.6. The fourth-order valence-corrected chi connectivity index (χ4v) is 2.22. The number of benzene rings is 2. The van der Waals surface area contributed by atoms with E-state index in [0.717, 1.165) is 22.6 Å². The summed E-state index contributed by atoms with van der Waals surface area (Å²) in [5.74, 6) is 0.606. The van der Waals surface area contributed by atoms with Gasteiger partial charge in [0.2, 0.25) is 0 Å². The first-order chi connectivity index (χ1) is 10.5. The summed E-state index contributed by atoms with van der Waals surface area (Å²) in [5, 5.41) is 2.93. The van der Waals surface area contributed by atoms with Crippen LogP contribution in [0.15, 0.2) is 42.5 Å². The second kappa shape index (κ2) is 7.12. The van der Waals surface area contributed by atoms with Crippen LogP contribution in [0.5, 0.6) is 5.75 Å². The summed E-state index contributed by atoms with van der Waals surface area (Å²) in [6.45, 7) is 8.03. The van der Waals surface area contributed by atoms with Crippen molar-refractivity contribution in [1.82, 2.24) is 0 Å². The first-order valence-corrected chi connectivity index (χ1v) is 7.61. The molecule has 0 heterocycles. The van der Waals surface area contributed by atoms with Gasteiger partial charge in [0.25, 0.3) is 5.91 Å². The standard InChI is InChI=1S/C19H23NO2/c1-5-18(22-17-8-6-7-13(2)11-17)19(21)20-16-10-9-14(3)15(4)12-16/h6-12,18H,5H2,1-4H3,(H,20,21)/t18-/m1/s1. The highest BCUT2D eigenvalue weighted by Crippen LogP contribution is 2.18. The molecule has 0 aliphatic rings. The van der Waals surface area contributed by atoms with E-state index in [1.54, 1.807) is 0 Å². The molecule has 3 heteroatoms. The number of aryl methyl sites for hydroxylation is 3. The molecule has 0 aliphatic heterocycles. The first-order valence-electron chi connectivity index (χ1n) is 7.61. The van der Waals surface area contributed by atoms with Gasteiger partial charge in [-0.05, 0) is 68.1 Å². The van der Waals surface area contributed by atoms with Gasteiger partial charge in [-0.2, -0.15) is 0 Å². The van der Waals surface area contributed by atoms with Crippen molar-refractivity contribution in [3.8, 4) is 5.75 Å².